The van der Waals surface area contributed by atoms with Crippen molar-refractivity contribution in [2.45, 2.75) is 18.9 Å². The van der Waals surface area contributed by atoms with E-state index in [0.717, 1.165) is 0 Å². The lowest BCUT2D eigenvalue weighted by Gasteiger charge is -2.03. The molecule has 0 heterocycles. The van der Waals surface area contributed by atoms with Crippen molar-refractivity contribution in [3.05, 3.63) is 0 Å². The van der Waals surface area contributed by atoms with Gasteiger partial charge in [-0.1, -0.05) is 0 Å². The summed E-state index contributed by atoms with van der Waals surface area (Å²) in [6.45, 7) is 3.66. The first-order chi connectivity index (χ1) is 4.72. The number of nitrogens with zero attached hydrogens (tertiary/aromatic N) is 1. The van der Waals surface area contributed by atoms with Gasteiger partial charge in [-0.3, -0.25) is 4.99 Å². The van der Waals surface area contributed by atoms with Gasteiger partial charge >= 0.3 is 5.97 Å². The Morgan fingerprint density at radius 1 is 1.80 bits per heavy atom. The van der Waals surface area contributed by atoms with Gasteiger partial charge in [-0.05, 0) is 26.1 Å². The summed E-state index contributed by atoms with van der Waals surface area (Å²) in [5, 5.41) is 8.43. The molecule has 0 aromatic carbocycles. The minimum absolute atomic E-state index is 0.481. The Kier molecular flexibility index (Phi) is 4.49. The van der Waals surface area contributed by atoms with Crippen molar-refractivity contribution in [3.63, 3.8) is 0 Å². The topological polar surface area (TPSA) is 75.7 Å². The van der Waals surface area contributed by atoms with Crippen LogP contribution in [0.15, 0.2) is 4.99 Å². The van der Waals surface area contributed by atoms with Crippen molar-refractivity contribution in [2.24, 2.45) is 10.7 Å². The minimum atomic E-state index is -0.927. The zero-order valence-corrected chi connectivity index (χ0v) is 5.79. The average Bonchev–Trinajstić information content (AvgIpc) is 1.89. The standard InChI is InChI=1S/C6H12N2O2/c1-8-5(6(9)10)3-2-4-7/h5H,1-4,7H2,(H,9,10). The smallest absolute Gasteiger partial charge is 0.328 e. The van der Waals surface area contributed by atoms with E-state index in [1.54, 1.807) is 0 Å². The van der Waals surface area contributed by atoms with E-state index in [9.17, 15) is 4.79 Å². The van der Waals surface area contributed by atoms with Gasteiger partial charge in [0.2, 0.25) is 0 Å². The van der Waals surface area contributed by atoms with Crippen LogP contribution in [-0.2, 0) is 4.79 Å². The molecule has 4 nitrogen and oxygen atoms in total. The molecule has 0 radical (unpaired) electrons. The molecule has 0 rings (SSSR count). The monoisotopic (exact) mass is 144 g/mol. The Labute approximate surface area is 59.8 Å². The van der Waals surface area contributed by atoms with E-state index in [1.165, 1.54) is 0 Å². The second-order valence-corrected chi connectivity index (χ2v) is 1.97. The third-order valence-corrected chi connectivity index (χ3v) is 1.19. The molecule has 0 bridgehead atoms. The molecule has 0 spiro atoms. The van der Waals surface area contributed by atoms with Crippen LogP contribution in [0.5, 0.6) is 0 Å². The number of aliphatic imine (C=N–C) groups is 1. The first-order valence-corrected chi connectivity index (χ1v) is 3.11. The zero-order valence-electron chi connectivity index (χ0n) is 5.79. The van der Waals surface area contributed by atoms with Gasteiger partial charge in [0.1, 0.15) is 6.04 Å². The highest BCUT2D eigenvalue weighted by Crippen LogP contribution is 1.99. The molecule has 58 valence electrons. The van der Waals surface area contributed by atoms with Crippen LogP contribution in [0.1, 0.15) is 12.8 Å². The Morgan fingerprint density at radius 2 is 2.40 bits per heavy atom. The first kappa shape index (κ1) is 9.10. The number of hydrogen-bond donors (Lipinski definition) is 2. The number of nitrogens with two attached hydrogens (primary N) is 1. The van der Waals surface area contributed by atoms with Crippen molar-refractivity contribution in [2.75, 3.05) is 6.54 Å². The van der Waals surface area contributed by atoms with Crippen LogP contribution in [0, 0.1) is 0 Å². The highest BCUT2D eigenvalue weighted by molar-refractivity contribution is 5.74. The molecule has 0 aliphatic rings. The summed E-state index contributed by atoms with van der Waals surface area (Å²) in [5.41, 5.74) is 5.18. The van der Waals surface area contributed by atoms with Gasteiger partial charge < -0.3 is 10.8 Å². The third-order valence-electron chi connectivity index (χ3n) is 1.19. The maximum atomic E-state index is 10.3. The van der Waals surface area contributed by atoms with Gasteiger partial charge in [0.05, 0.1) is 0 Å². The second kappa shape index (κ2) is 4.93. The highest BCUT2D eigenvalue weighted by Gasteiger charge is 2.12. The van der Waals surface area contributed by atoms with Crippen molar-refractivity contribution in [1.29, 1.82) is 0 Å². The number of carbonyl (C=O) groups is 1. The quantitative estimate of drug-likeness (QED) is 0.528. The van der Waals surface area contributed by atoms with E-state index < -0.39 is 12.0 Å². The van der Waals surface area contributed by atoms with E-state index in [-0.39, 0.29) is 0 Å². The number of hydrogen-bond acceptors (Lipinski definition) is 3. The van der Waals surface area contributed by atoms with E-state index in [4.69, 9.17) is 10.8 Å². The molecule has 0 aromatic rings. The SMILES string of the molecule is C=NC(CCCN)C(=O)O. The van der Waals surface area contributed by atoms with Gasteiger partial charge in [-0.2, -0.15) is 0 Å². The van der Waals surface area contributed by atoms with E-state index in [0.29, 0.717) is 19.4 Å². The second-order valence-electron chi connectivity index (χ2n) is 1.97. The molecule has 0 aromatic heterocycles. The van der Waals surface area contributed by atoms with Gasteiger partial charge in [0.25, 0.3) is 0 Å². The largest absolute Gasteiger partial charge is 0.480 e. The predicted octanol–water partition coefficient (Wildman–Crippen LogP) is -0.121. The van der Waals surface area contributed by atoms with Gasteiger partial charge in [0.15, 0.2) is 0 Å². The summed E-state index contributed by atoms with van der Waals surface area (Å²) < 4.78 is 0. The molecule has 0 aliphatic carbocycles. The van der Waals surface area contributed by atoms with Crippen molar-refractivity contribution >= 4 is 12.7 Å². The third kappa shape index (κ3) is 3.19. The average molecular weight is 144 g/mol. The molecule has 10 heavy (non-hydrogen) atoms. The van der Waals surface area contributed by atoms with Crippen molar-refractivity contribution < 1.29 is 9.90 Å². The minimum Gasteiger partial charge on any atom is -0.480 e. The Bertz CT molecular complexity index is 125. The molecular weight excluding hydrogens is 132 g/mol. The van der Waals surface area contributed by atoms with Crippen LogP contribution in [0.3, 0.4) is 0 Å². The van der Waals surface area contributed by atoms with Crippen molar-refractivity contribution in [3.8, 4) is 0 Å². The molecule has 0 fully saturated rings. The predicted molar refractivity (Wildman–Crippen MR) is 39.3 cm³/mol. The molecule has 1 unspecified atom stereocenters. The molecule has 4 heteroatoms. The van der Waals surface area contributed by atoms with Crippen LogP contribution in [-0.4, -0.2) is 30.4 Å². The number of carboxylic acids is 1. The molecule has 3 N–H and O–H groups in total. The fraction of sp³-hybridized carbons (Fsp3) is 0.667. The van der Waals surface area contributed by atoms with Crippen LogP contribution in [0.25, 0.3) is 0 Å². The normalized spacial score (nSPS) is 12.5. The summed E-state index contributed by atoms with van der Waals surface area (Å²) in [5.74, 6) is -0.927. The van der Waals surface area contributed by atoms with Gasteiger partial charge in [-0.15, -0.1) is 0 Å². The molecule has 0 saturated heterocycles. The van der Waals surface area contributed by atoms with Gasteiger partial charge in [0, 0.05) is 0 Å². The molecule has 1 atom stereocenters. The van der Waals surface area contributed by atoms with E-state index >= 15 is 0 Å². The maximum absolute atomic E-state index is 10.3. The lowest BCUT2D eigenvalue weighted by molar-refractivity contribution is -0.138. The zero-order chi connectivity index (χ0) is 7.98. The lowest BCUT2D eigenvalue weighted by atomic mass is 10.2. The van der Waals surface area contributed by atoms with Gasteiger partial charge in [-0.25, -0.2) is 4.79 Å². The number of rotatable bonds is 5. The fourth-order valence-corrected chi connectivity index (χ4v) is 0.604. The van der Waals surface area contributed by atoms with Crippen molar-refractivity contribution in [1.82, 2.24) is 0 Å². The summed E-state index contributed by atoms with van der Waals surface area (Å²) in [6, 6.07) is -0.677. The van der Waals surface area contributed by atoms with Crippen LogP contribution in [0.4, 0.5) is 0 Å². The molecule has 0 aliphatic heterocycles. The fourth-order valence-electron chi connectivity index (χ4n) is 0.604. The first-order valence-electron chi connectivity index (χ1n) is 3.11. The molecule has 0 saturated carbocycles. The molecule has 0 amide bonds. The summed E-state index contributed by atoms with van der Waals surface area (Å²) >= 11 is 0. The number of carboxylic acid groups (broad SMARTS) is 1. The molecular formula is C6H12N2O2. The van der Waals surface area contributed by atoms with Crippen LogP contribution >= 0.6 is 0 Å². The Morgan fingerprint density at radius 3 is 2.70 bits per heavy atom. The summed E-state index contributed by atoms with van der Waals surface area (Å²) in [4.78, 5) is 13.7. The van der Waals surface area contributed by atoms with Crippen LogP contribution in [0.2, 0.25) is 0 Å². The Hall–Kier alpha value is -0.900. The highest BCUT2D eigenvalue weighted by atomic mass is 16.4. The number of aliphatic carboxylic acids is 1. The maximum Gasteiger partial charge on any atom is 0.328 e. The summed E-state index contributed by atoms with van der Waals surface area (Å²) in [7, 11) is 0. The van der Waals surface area contributed by atoms with E-state index in [2.05, 4.69) is 11.7 Å². The van der Waals surface area contributed by atoms with Crippen LogP contribution < -0.4 is 5.73 Å². The summed E-state index contributed by atoms with van der Waals surface area (Å²) in [6.07, 6.45) is 1.16. The Balaban J connectivity index is 3.60. The van der Waals surface area contributed by atoms with E-state index in [1.807, 2.05) is 0 Å². The lowest BCUT2D eigenvalue weighted by Crippen LogP contribution is -2.18.